The quantitative estimate of drug-likeness (QED) is 0.797. The number of nitrogens with zero attached hydrogens (tertiary/aromatic N) is 4. The van der Waals surface area contributed by atoms with E-state index in [1.54, 1.807) is 6.20 Å². The summed E-state index contributed by atoms with van der Waals surface area (Å²) in [6, 6.07) is 7.98. The summed E-state index contributed by atoms with van der Waals surface area (Å²) in [5, 5.41) is 9.44. The van der Waals surface area contributed by atoms with Crippen molar-refractivity contribution in [1.82, 2.24) is 20.0 Å². The molecule has 2 N–H and O–H groups in total. The summed E-state index contributed by atoms with van der Waals surface area (Å²) >= 11 is 3.55. The average molecular weight is 332 g/mol. The van der Waals surface area contributed by atoms with Crippen LogP contribution < -0.4 is 5.73 Å². The van der Waals surface area contributed by atoms with Gasteiger partial charge in [-0.25, -0.2) is 0 Å². The second kappa shape index (κ2) is 5.68. The summed E-state index contributed by atoms with van der Waals surface area (Å²) < 4.78 is 2.85. The van der Waals surface area contributed by atoms with Crippen molar-refractivity contribution in [3.63, 3.8) is 0 Å². The molecule has 0 saturated heterocycles. The Kier molecular flexibility index (Phi) is 3.75. The van der Waals surface area contributed by atoms with E-state index in [9.17, 15) is 0 Å². The largest absolute Gasteiger partial charge is 0.330 e. The first-order valence-electron chi connectivity index (χ1n) is 6.43. The van der Waals surface area contributed by atoms with E-state index >= 15 is 0 Å². The maximum absolute atomic E-state index is 5.51. The predicted octanol–water partition coefficient (Wildman–Crippen LogP) is 2.60. The Morgan fingerprint density at radius 2 is 2.15 bits per heavy atom. The third-order valence-corrected chi connectivity index (χ3v) is 3.81. The number of fused-ring (bicyclic) bond motifs is 1. The molecule has 0 aliphatic rings. The molecule has 0 amide bonds. The minimum absolute atomic E-state index is 0.651. The zero-order valence-electron chi connectivity index (χ0n) is 10.8. The summed E-state index contributed by atoms with van der Waals surface area (Å²) in [5.41, 5.74) is 8.25. The van der Waals surface area contributed by atoms with Crippen LogP contribution in [-0.2, 0) is 6.54 Å². The molecule has 0 saturated carbocycles. The molecule has 6 heteroatoms. The van der Waals surface area contributed by atoms with Crippen molar-refractivity contribution in [2.75, 3.05) is 6.54 Å². The fraction of sp³-hybridized carbons (Fsp3) is 0.214. The minimum Gasteiger partial charge on any atom is -0.330 e. The zero-order valence-corrected chi connectivity index (χ0v) is 12.4. The smallest absolute Gasteiger partial charge is 0.115 e. The van der Waals surface area contributed by atoms with Crippen LogP contribution in [0.1, 0.15) is 6.42 Å². The number of benzene rings is 1. The highest BCUT2D eigenvalue weighted by Gasteiger charge is 2.10. The van der Waals surface area contributed by atoms with Crippen LogP contribution in [0.4, 0.5) is 0 Å². The molecule has 3 rings (SSSR count). The van der Waals surface area contributed by atoms with Crippen LogP contribution in [0, 0.1) is 0 Å². The average Bonchev–Trinajstić information content (AvgIpc) is 2.94. The van der Waals surface area contributed by atoms with E-state index in [1.165, 1.54) is 0 Å². The molecule has 0 fully saturated rings. The number of nitrogens with two attached hydrogens (primary N) is 1. The molecule has 1 aromatic carbocycles. The van der Waals surface area contributed by atoms with Crippen LogP contribution in [0.3, 0.4) is 0 Å². The highest BCUT2D eigenvalue weighted by Crippen LogP contribution is 2.30. The van der Waals surface area contributed by atoms with Crippen molar-refractivity contribution in [1.29, 1.82) is 0 Å². The normalized spacial score (nSPS) is 11.1. The lowest BCUT2D eigenvalue weighted by Crippen LogP contribution is -2.06. The lowest BCUT2D eigenvalue weighted by atomic mass is 10.1. The summed E-state index contributed by atoms with van der Waals surface area (Å²) in [6.07, 6.45) is 4.62. The van der Waals surface area contributed by atoms with Crippen molar-refractivity contribution < 1.29 is 0 Å². The van der Waals surface area contributed by atoms with Crippen LogP contribution in [0.2, 0.25) is 0 Å². The van der Waals surface area contributed by atoms with Gasteiger partial charge in [-0.2, -0.15) is 0 Å². The molecule has 0 radical (unpaired) electrons. The lowest BCUT2D eigenvalue weighted by Gasteiger charge is -2.04. The molecule has 0 aliphatic carbocycles. The molecular formula is C14H14BrN5. The molecule has 2 aromatic heterocycles. The van der Waals surface area contributed by atoms with Gasteiger partial charge in [0.05, 0.1) is 11.7 Å². The molecule has 0 spiro atoms. The van der Waals surface area contributed by atoms with Crippen molar-refractivity contribution in [3.8, 4) is 11.3 Å². The molecular weight excluding hydrogens is 318 g/mol. The van der Waals surface area contributed by atoms with E-state index in [-0.39, 0.29) is 0 Å². The van der Waals surface area contributed by atoms with Gasteiger partial charge in [0.2, 0.25) is 0 Å². The van der Waals surface area contributed by atoms with Gasteiger partial charge in [-0.15, -0.1) is 5.10 Å². The van der Waals surface area contributed by atoms with Gasteiger partial charge in [0.15, 0.2) is 0 Å². The van der Waals surface area contributed by atoms with E-state index in [2.05, 4.69) is 31.2 Å². The molecule has 2 heterocycles. The van der Waals surface area contributed by atoms with Gasteiger partial charge in [-0.1, -0.05) is 27.2 Å². The monoisotopic (exact) mass is 331 g/mol. The van der Waals surface area contributed by atoms with Gasteiger partial charge < -0.3 is 5.73 Å². The van der Waals surface area contributed by atoms with Crippen LogP contribution in [0.25, 0.3) is 22.2 Å². The SMILES string of the molecule is NCCCn1cc(-c2ccc(Br)c3cccnc23)nn1. The molecule has 5 nitrogen and oxygen atoms in total. The molecule has 102 valence electrons. The zero-order chi connectivity index (χ0) is 13.9. The van der Waals surface area contributed by atoms with E-state index < -0.39 is 0 Å². The molecule has 0 aliphatic heterocycles. The van der Waals surface area contributed by atoms with Crippen LogP contribution in [-0.4, -0.2) is 26.5 Å². The lowest BCUT2D eigenvalue weighted by molar-refractivity contribution is 0.564. The Morgan fingerprint density at radius 1 is 1.25 bits per heavy atom. The van der Waals surface area contributed by atoms with Crippen LogP contribution >= 0.6 is 15.9 Å². The van der Waals surface area contributed by atoms with Crippen molar-refractivity contribution in [2.24, 2.45) is 5.73 Å². The van der Waals surface area contributed by atoms with Gasteiger partial charge in [0.1, 0.15) is 5.69 Å². The second-order valence-electron chi connectivity index (χ2n) is 4.50. The standard InChI is InChI=1S/C14H14BrN5/c15-12-5-4-11(14-10(12)3-1-7-17-14)13-9-20(19-18-13)8-2-6-16/h1,3-5,7,9H,2,6,8,16H2. The number of pyridine rings is 1. The number of halogens is 1. The number of aryl methyl sites for hydroxylation is 1. The number of aromatic nitrogens is 4. The molecule has 0 atom stereocenters. The first-order valence-corrected chi connectivity index (χ1v) is 7.22. The topological polar surface area (TPSA) is 69.6 Å². The van der Waals surface area contributed by atoms with Crippen LogP contribution in [0.15, 0.2) is 41.1 Å². The third kappa shape index (κ3) is 2.44. The number of hydrogen-bond acceptors (Lipinski definition) is 4. The highest BCUT2D eigenvalue weighted by molar-refractivity contribution is 9.10. The fourth-order valence-corrected chi connectivity index (χ4v) is 2.58. The van der Waals surface area contributed by atoms with Gasteiger partial charge in [-0.05, 0) is 31.2 Å². The Morgan fingerprint density at radius 3 is 3.00 bits per heavy atom. The van der Waals surface area contributed by atoms with Gasteiger partial charge in [0, 0.05) is 28.2 Å². The van der Waals surface area contributed by atoms with Gasteiger partial charge in [0.25, 0.3) is 0 Å². The second-order valence-corrected chi connectivity index (χ2v) is 5.36. The summed E-state index contributed by atoms with van der Waals surface area (Å²) in [5.74, 6) is 0. The summed E-state index contributed by atoms with van der Waals surface area (Å²) in [6.45, 7) is 1.43. The molecule has 20 heavy (non-hydrogen) atoms. The van der Waals surface area contributed by atoms with Crippen molar-refractivity contribution >= 4 is 26.8 Å². The number of rotatable bonds is 4. The van der Waals surface area contributed by atoms with E-state index in [1.807, 2.05) is 35.1 Å². The molecule has 3 aromatic rings. The predicted molar refractivity (Wildman–Crippen MR) is 82.1 cm³/mol. The first kappa shape index (κ1) is 13.2. The fourth-order valence-electron chi connectivity index (χ4n) is 2.13. The summed E-state index contributed by atoms with van der Waals surface area (Å²) in [7, 11) is 0. The Hall–Kier alpha value is -1.79. The van der Waals surface area contributed by atoms with E-state index in [0.29, 0.717) is 6.54 Å². The van der Waals surface area contributed by atoms with Crippen molar-refractivity contribution in [3.05, 3.63) is 41.1 Å². The summed E-state index contributed by atoms with van der Waals surface area (Å²) in [4.78, 5) is 4.46. The molecule has 0 unspecified atom stereocenters. The highest BCUT2D eigenvalue weighted by atomic mass is 79.9. The maximum atomic E-state index is 5.51. The van der Waals surface area contributed by atoms with Gasteiger partial charge in [-0.3, -0.25) is 9.67 Å². The molecule has 0 bridgehead atoms. The van der Waals surface area contributed by atoms with E-state index in [0.717, 1.165) is 39.6 Å². The van der Waals surface area contributed by atoms with E-state index in [4.69, 9.17) is 5.73 Å². The minimum atomic E-state index is 0.651. The van der Waals surface area contributed by atoms with Crippen LogP contribution in [0.5, 0.6) is 0 Å². The third-order valence-electron chi connectivity index (χ3n) is 3.12. The number of hydrogen-bond donors (Lipinski definition) is 1. The Labute approximate surface area is 124 Å². The first-order chi connectivity index (χ1) is 9.79. The Bertz CT molecular complexity index is 737. The van der Waals surface area contributed by atoms with Gasteiger partial charge >= 0.3 is 0 Å². The maximum Gasteiger partial charge on any atom is 0.115 e. The Balaban J connectivity index is 2.06. The van der Waals surface area contributed by atoms with Crippen molar-refractivity contribution in [2.45, 2.75) is 13.0 Å².